The van der Waals surface area contributed by atoms with Gasteiger partial charge in [-0.05, 0) is 51.9 Å². The SMILES string of the molecule is CCCN1CCC(NCCCOCCOC)CC1. The summed E-state index contributed by atoms with van der Waals surface area (Å²) in [4.78, 5) is 2.58. The zero-order chi connectivity index (χ0) is 13.1. The summed E-state index contributed by atoms with van der Waals surface area (Å²) in [6, 6.07) is 0.720. The molecule has 0 aromatic carbocycles. The molecule has 0 aromatic rings. The first-order valence-electron chi connectivity index (χ1n) is 7.39. The Kier molecular flexibility index (Phi) is 9.48. The molecule has 1 saturated heterocycles. The number of hydrogen-bond donors (Lipinski definition) is 1. The van der Waals surface area contributed by atoms with E-state index in [-0.39, 0.29) is 0 Å². The Hall–Kier alpha value is -0.160. The summed E-state index contributed by atoms with van der Waals surface area (Å²) < 4.78 is 10.4. The van der Waals surface area contributed by atoms with E-state index < -0.39 is 0 Å². The zero-order valence-electron chi connectivity index (χ0n) is 12.1. The maximum absolute atomic E-state index is 5.44. The average molecular weight is 258 g/mol. The highest BCUT2D eigenvalue weighted by molar-refractivity contribution is 4.76. The van der Waals surface area contributed by atoms with Crippen molar-refractivity contribution >= 4 is 0 Å². The molecule has 0 unspecified atom stereocenters. The summed E-state index contributed by atoms with van der Waals surface area (Å²) in [5, 5.41) is 3.64. The van der Waals surface area contributed by atoms with Crippen molar-refractivity contribution in [2.45, 2.75) is 38.6 Å². The highest BCUT2D eigenvalue weighted by atomic mass is 16.5. The molecule has 1 aliphatic heterocycles. The van der Waals surface area contributed by atoms with Crippen LogP contribution in [0.3, 0.4) is 0 Å². The molecule has 1 fully saturated rings. The van der Waals surface area contributed by atoms with Gasteiger partial charge in [0.25, 0.3) is 0 Å². The van der Waals surface area contributed by atoms with E-state index in [1.165, 1.54) is 38.9 Å². The number of nitrogens with zero attached hydrogens (tertiary/aromatic N) is 1. The summed E-state index contributed by atoms with van der Waals surface area (Å²) >= 11 is 0. The molecule has 0 radical (unpaired) electrons. The first kappa shape index (κ1) is 15.9. The number of ether oxygens (including phenoxy) is 2. The minimum Gasteiger partial charge on any atom is -0.382 e. The van der Waals surface area contributed by atoms with Crippen molar-refractivity contribution in [3.05, 3.63) is 0 Å². The fourth-order valence-corrected chi connectivity index (χ4v) is 2.40. The summed E-state index contributed by atoms with van der Waals surface area (Å²) in [7, 11) is 1.70. The van der Waals surface area contributed by atoms with Crippen LogP contribution in [0.15, 0.2) is 0 Å². The molecule has 0 aliphatic carbocycles. The first-order chi connectivity index (χ1) is 8.86. The van der Waals surface area contributed by atoms with Crippen LogP contribution in [-0.2, 0) is 9.47 Å². The van der Waals surface area contributed by atoms with Crippen molar-refractivity contribution in [3.63, 3.8) is 0 Å². The molecule has 1 rings (SSSR count). The van der Waals surface area contributed by atoms with Crippen LogP contribution in [-0.4, -0.2) is 64.1 Å². The summed E-state index contributed by atoms with van der Waals surface area (Å²) in [5.74, 6) is 0. The van der Waals surface area contributed by atoms with Crippen molar-refractivity contribution < 1.29 is 9.47 Å². The summed E-state index contributed by atoms with van der Waals surface area (Å²) in [6.07, 6.45) is 4.96. The molecule has 0 amide bonds. The highest BCUT2D eigenvalue weighted by Crippen LogP contribution is 2.10. The van der Waals surface area contributed by atoms with Crippen molar-refractivity contribution in [1.82, 2.24) is 10.2 Å². The van der Waals surface area contributed by atoms with Gasteiger partial charge in [0, 0.05) is 19.8 Å². The van der Waals surface area contributed by atoms with E-state index in [4.69, 9.17) is 9.47 Å². The van der Waals surface area contributed by atoms with Gasteiger partial charge in [-0.3, -0.25) is 0 Å². The molecule has 0 saturated carbocycles. The van der Waals surface area contributed by atoms with Gasteiger partial charge < -0.3 is 19.7 Å². The standard InChI is InChI=1S/C14H30N2O2/c1-3-8-16-9-5-14(6-10-16)15-7-4-11-18-13-12-17-2/h14-15H,3-13H2,1-2H3. The molecule has 0 aromatic heterocycles. The average Bonchev–Trinajstić information content (AvgIpc) is 2.40. The Morgan fingerprint density at radius 2 is 1.94 bits per heavy atom. The van der Waals surface area contributed by atoms with E-state index in [0.29, 0.717) is 13.2 Å². The van der Waals surface area contributed by atoms with E-state index >= 15 is 0 Å². The van der Waals surface area contributed by atoms with Gasteiger partial charge in [0.1, 0.15) is 0 Å². The Labute approximate surface area is 112 Å². The second-order valence-electron chi connectivity index (χ2n) is 5.03. The number of hydrogen-bond acceptors (Lipinski definition) is 4. The van der Waals surface area contributed by atoms with Gasteiger partial charge >= 0.3 is 0 Å². The molecular formula is C14H30N2O2. The van der Waals surface area contributed by atoms with Crippen LogP contribution in [0.1, 0.15) is 32.6 Å². The Morgan fingerprint density at radius 3 is 2.61 bits per heavy atom. The van der Waals surface area contributed by atoms with Crippen LogP contribution in [0.4, 0.5) is 0 Å². The largest absolute Gasteiger partial charge is 0.382 e. The molecule has 108 valence electrons. The lowest BCUT2D eigenvalue weighted by atomic mass is 10.0. The zero-order valence-corrected chi connectivity index (χ0v) is 12.1. The second kappa shape index (κ2) is 10.7. The predicted molar refractivity (Wildman–Crippen MR) is 75.1 cm³/mol. The number of methoxy groups -OCH3 is 1. The minimum atomic E-state index is 0.698. The van der Waals surface area contributed by atoms with Gasteiger partial charge in [-0.2, -0.15) is 0 Å². The first-order valence-corrected chi connectivity index (χ1v) is 7.39. The topological polar surface area (TPSA) is 33.7 Å². The van der Waals surface area contributed by atoms with Crippen molar-refractivity contribution in [1.29, 1.82) is 0 Å². The molecule has 1 N–H and O–H groups in total. The van der Waals surface area contributed by atoms with Crippen molar-refractivity contribution in [3.8, 4) is 0 Å². The lowest BCUT2D eigenvalue weighted by Crippen LogP contribution is -2.43. The molecule has 1 aliphatic rings. The maximum atomic E-state index is 5.44. The fraction of sp³-hybridized carbons (Fsp3) is 1.00. The fourth-order valence-electron chi connectivity index (χ4n) is 2.40. The van der Waals surface area contributed by atoms with Crippen LogP contribution in [0.5, 0.6) is 0 Å². The van der Waals surface area contributed by atoms with Crippen LogP contribution in [0.25, 0.3) is 0 Å². The molecule has 4 heteroatoms. The van der Waals surface area contributed by atoms with E-state index in [1.807, 2.05) is 0 Å². The third kappa shape index (κ3) is 7.31. The molecule has 18 heavy (non-hydrogen) atoms. The lowest BCUT2D eigenvalue weighted by molar-refractivity contribution is 0.0689. The van der Waals surface area contributed by atoms with Gasteiger partial charge in [0.2, 0.25) is 0 Å². The van der Waals surface area contributed by atoms with Gasteiger partial charge in [-0.25, -0.2) is 0 Å². The Bertz CT molecular complexity index is 183. The minimum absolute atomic E-state index is 0.698. The Morgan fingerprint density at radius 1 is 1.17 bits per heavy atom. The van der Waals surface area contributed by atoms with Crippen LogP contribution in [0, 0.1) is 0 Å². The summed E-state index contributed by atoms with van der Waals surface area (Å²) in [5.41, 5.74) is 0. The molecule has 0 atom stereocenters. The van der Waals surface area contributed by atoms with Gasteiger partial charge in [-0.15, -0.1) is 0 Å². The number of rotatable bonds is 10. The normalized spacial score (nSPS) is 18.3. The van der Waals surface area contributed by atoms with Gasteiger partial charge in [0.05, 0.1) is 13.2 Å². The molecular weight excluding hydrogens is 228 g/mol. The van der Waals surface area contributed by atoms with Crippen molar-refractivity contribution in [2.75, 3.05) is 53.1 Å². The van der Waals surface area contributed by atoms with Crippen LogP contribution < -0.4 is 5.32 Å². The molecule has 0 bridgehead atoms. The van der Waals surface area contributed by atoms with Crippen LogP contribution >= 0.6 is 0 Å². The third-order valence-corrected chi connectivity index (χ3v) is 3.46. The van der Waals surface area contributed by atoms with E-state index in [9.17, 15) is 0 Å². The number of nitrogens with one attached hydrogen (secondary N) is 1. The Balaban J connectivity index is 1.88. The second-order valence-corrected chi connectivity index (χ2v) is 5.03. The molecule has 0 spiro atoms. The smallest absolute Gasteiger partial charge is 0.0700 e. The maximum Gasteiger partial charge on any atom is 0.0700 e. The van der Waals surface area contributed by atoms with E-state index in [1.54, 1.807) is 7.11 Å². The van der Waals surface area contributed by atoms with E-state index in [0.717, 1.165) is 25.6 Å². The quantitative estimate of drug-likeness (QED) is 0.602. The highest BCUT2D eigenvalue weighted by Gasteiger charge is 2.17. The summed E-state index contributed by atoms with van der Waals surface area (Å²) in [6.45, 7) is 9.37. The van der Waals surface area contributed by atoms with E-state index in [2.05, 4.69) is 17.1 Å². The van der Waals surface area contributed by atoms with Gasteiger partial charge in [-0.1, -0.05) is 6.92 Å². The predicted octanol–water partition coefficient (Wildman–Crippen LogP) is 1.50. The molecule has 4 nitrogen and oxygen atoms in total. The number of likely N-dealkylation sites (tertiary alicyclic amines) is 1. The monoisotopic (exact) mass is 258 g/mol. The number of piperidine rings is 1. The van der Waals surface area contributed by atoms with Gasteiger partial charge in [0.15, 0.2) is 0 Å². The van der Waals surface area contributed by atoms with Crippen LogP contribution in [0.2, 0.25) is 0 Å². The lowest BCUT2D eigenvalue weighted by Gasteiger charge is -2.32. The third-order valence-electron chi connectivity index (χ3n) is 3.46. The molecule has 1 heterocycles. The van der Waals surface area contributed by atoms with Crippen molar-refractivity contribution in [2.24, 2.45) is 0 Å².